The lowest BCUT2D eigenvalue weighted by Crippen LogP contribution is -2.43. The van der Waals surface area contributed by atoms with Gasteiger partial charge < -0.3 is 9.47 Å². The van der Waals surface area contributed by atoms with Crippen LogP contribution in [0, 0.1) is 0 Å². The van der Waals surface area contributed by atoms with E-state index in [1.165, 1.54) is 0 Å². The summed E-state index contributed by atoms with van der Waals surface area (Å²) in [6, 6.07) is 1.75. The summed E-state index contributed by atoms with van der Waals surface area (Å²) in [6.07, 6.45) is 3.20. The Kier molecular flexibility index (Phi) is 4.37. The van der Waals surface area contributed by atoms with Crippen LogP contribution in [0.25, 0.3) is 0 Å². The summed E-state index contributed by atoms with van der Waals surface area (Å²) in [4.78, 5) is 16.0. The molecule has 1 heterocycles. The third kappa shape index (κ3) is 4.64. The van der Waals surface area contributed by atoms with Gasteiger partial charge in [0.1, 0.15) is 11.4 Å². The summed E-state index contributed by atoms with van der Waals surface area (Å²) in [6.45, 7) is 8.80. The van der Waals surface area contributed by atoms with E-state index in [0.29, 0.717) is 5.75 Å². The third-order valence-corrected chi connectivity index (χ3v) is 2.38. The zero-order chi connectivity index (χ0) is 14.0. The summed E-state index contributed by atoms with van der Waals surface area (Å²) in [5.74, 6) is 0.107. The van der Waals surface area contributed by atoms with Crippen LogP contribution in [-0.2, 0) is 9.53 Å². The normalized spacial score (nSPS) is 12.1. The van der Waals surface area contributed by atoms with Crippen molar-refractivity contribution in [3.63, 3.8) is 0 Å². The minimum atomic E-state index is -1.06. The first-order valence-corrected chi connectivity index (χ1v) is 6.42. The van der Waals surface area contributed by atoms with Crippen LogP contribution in [0.3, 0.4) is 0 Å². The fraction of sp³-hybridized carbons (Fsp3) is 0.538. The van der Waals surface area contributed by atoms with Crippen molar-refractivity contribution in [2.75, 3.05) is 0 Å². The number of nitrogens with zero attached hydrogens (tertiary/aromatic N) is 1. The SMILES string of the molecule is CC(C)(C)OC(=O)C(C)(C)Oc1cncc(Br)c1. The monoisotopic (exact) mass is 315 g/mol. The van der Waals surface area contributed by atoms with Crippen LogP contribution in [0.5, 0.6) is 5.75 Å². The molecule has 18 heavy (non-hydrogen) atoms. The lowest BCUT2D eigenvalue weighted by Gasteiger charge is -2.29. The quantitative estimate of drug-likeness (QED) is 0.803. The maximum atomic E-state index is 12.0. The Hall–Kier alpha value is -1.10. The molecule has 0 aliphatic heterocycles. The molecule has 0 radical (unpaired) electrons. The van der Waals surface area contributed by atoms with Crippen LogP contribution in [0.1, 0.15) is 34.6 Å². The Morgan fingerprint density at radius 2 is 1.83 bits per heavy atom. The zero-order valence-corrected chi connectivity index (χ0v) is 12.9. The van der Waals surface area contributed by atoms with E-state index in [1.54, 1.807) is 32.3 Å². The zero-order valence-electron chi connectivity index (χ0n) is 11.3. The lowest BCUT2D eigenvalue weighted by molar-refractivity contribution is -0.170. The van der Waals surface area contributed by atoms with Crippen LogP contribution in [0.2, 0.25) is 0 Å². The molecule has 4 nitrogen and oxygen atoms in total. The van der Waals surface area contributed by atoms with Gasteiger partial charge in [0.05, 0.1) is 6.20 Å². The summed E-state index contributed by atoms with van der Waals surface area (Å²) < 4.78 is 11.7. The second kappa shape index (κ2) is 5.26. The highest BCUT2D eigenvalue weighted by Crippen LogP contribution is 2.23. The van der Waals surface area contributed by atoms with Crippen LogP contribution in [0.15, 0.2) is 22.9 Å². The van der Waals surface area contributed by atoms with E-state index in [4.69, 9.17) is 9.47 Å². The molecular weight excluding hydrogens is 298 g/mol. The van der Waals surface area contributed by atoms with Crippen molar-refractivity contribution in [1.82, 2.24) is 4.98 Å². The number of hydrogen-bond acceptors (Lipinski definition) is 4. The lowest BCUT2D eigenvalue weighted by atomic mass is 10.1. The number of pyridine rings is 1. The first-order valence-electron chi connectivity index (χ1n) is 5.63. The van der Waals surface area contributed by atoms with E-state index in [-0.39, 0.29) is 0 Å². The number of ether oxygens (including phenoxy) is 2. The largest absolute Gasteiger partial charge is 0.475 e. The van der Waals surface area contributed by atoms with Gasteiger partial charge in [-0.25, -0.2) is 4.79 Å². The number of carbonyl (C=O) groups excluding carboxylic acids is 1. The minimum Gasteiger partial charge on any atom is -0.475 e. The van der Waals surface area contributed by atoms with Gasteiger partial charge in [-0.3, -0.25) is 4.98 Å². The Bertz CT molecular complexity index is 438. The van der Waals surface area contributed by atoms with Crippen molar-refractivity contribution in [2.24, 2.45) is 0 Å². The predicted molar refractivity (Wildman–Crippen MR) is 72.5 cm³/mol. The fourth-order valence-electron chi connectivity index (χ4n) is 1.19. The first-order chi connectivity index (χ1) is 8.10. The van der Waals surface area contributed by atoms with Crippen LogP contribution in [0.4, 0.5) is 0 Å². The van der Waals surface area contributed by atoms with Crippen molar-refractivity contribution in [3.05, 3.63) is 22.9 Å². The summed E-state index contributed by atoms with van der Waals surface area (Å²) in [5, 5.41) is 0. The van der Waals surface area contributed by atoms with E-state index in [9.17, 15) is 4.79 Å². The van der Waals surface area contributed by atoms with Gasteiger partial charge in [-0.1, -0.05) is 0 Å². The molecule has 0 atom stereocenters. The highest BCUT2D eigenvalue weighted by molar-refractivity contribution is 9.10. The number of aromatic nitrogens is 1. The summed E-state index contributed by atoms with van der Waals surface area (Å²) >= 11 is 3.30. The van der Waals surface area contributed by atoms with E-state index in [1.807, 2.05) is 20.8 Å². The molecule has 0 aromatic carbocycles. The van der Waals surface area contributed by atoms with Gasteiger partial charge in [0.15, 0.2) is 5.60 Å². The Balaban J connectivity index is 2.78. The molecule has 0 amide bonds. The van der Waals surface area contributed by atoms with Crippen LogP contribution < -0.4 is 4.74 Å². The summed E-state index contributed by atoms with van der Waals surface area (Å²) in [5.41, 5.74) is -1.59. The van der Waals surface area contributed by atoms with Crippen molar-refractivity contribution in [2.45, 2.75) is 45.8 Å². The molecule has 1 aromatic heterocycles. The standard InChI is InChI=1S/C13H18BrNO3/c1-12(2,3)18-11(16)13(4,5)17-10-6-9(14)7-15-8-10/h6-8H,1-5H3. The summed E-state index contributed by atoms with van der Waals surface area (Å²) in [7, 11) is 0. The first kappa shape index (κ1) is 15.0. The molecule has 0 bridgehead atoms. The van der Waals surface area contributed by atoms with E-state index in [0.717, 1.165) is 4.47 Å². The molecule has 0 aliphatic carbocycles. The Morgan fingerprint density at radius 1 is 1.22 bits per heavy atom. The highest BCUT2D eigenvalue weighted by atomic mass is 79.9. The van der Waals surface area contributed by atoms with Gasteiger partial charge in [0, 0.05) is 10.7 Å². The highest BCUT2D eigenvalue weighted by Gasteiger charge is 2.34. The minimum absolute atomic E-state index is 0.407. The Morgan fingerprint density at radius 3 is 2.33 bits per heavy atom. The second-order valence-corrected chi connectivity index (χ2v) is 6.37. The maximum absolute atomic E-state index is 12.0. The van der Waals surface area contributed by atoms with E-state index < -0.39 is 17.2 Å². The molecule has 1 aromatic rings. The second-order valence-electron chi connectivity index (χ2n) is 5.45. The average molecular weight is 316 g/mol. The molecule has 0 spiro atoms. The van der Waals surface area contributed by atoms with Crippen molar-refractivity contribution in [3.8, 4) is 5.75 Å². The number of hydrogen-bond donors (Lipinski definition) is 0. The fourth-order valence-corrected chi connectivity index (χ4v) is 1.53. The van der Waals surface area contributed by atoms with Crippen molar-refractivity contribution < 1.29 is 14.3 Å². The van der Waals surface area contributed by atoms with Gasteiger partial charge in [0.25, 0.3) is 0 Å². The van der Waals surface area contributed by atoms with Crippen molar-refractivity contribution >= 4 is 21.9 Å². The molecule has 0 aliphatic rings. The topological polar surface area (TPSA) is 48.4 Å². The van der Waals surface area contributed by atoms with Gasteiger partial charge in [-0.2, -0.15) is 0 Å². The Labute approximate surface area is 116 Å². The van der Waals surface area contributed by atoms with Gasteiger partial charge in [-0.05, 0) is 56.6 Å². The number of carbonyl (C=O) groups is 1. The maximum Gasteiger partial charge on any atom is 0.350 e. The molecule has 5 heteroatoms. The van der Waals surface area contributed by atoms with E-state index in [2.05, 4.69) is 20.9 Å². The van der Waals surface area contributed by atoms with Crippen LogP contribution in [-0.4, -0.2) is 22.2 Å². The molecule has 0 saturated heterocycles. The van der Waals surface area contributed by atoms with Gasteiger partial charge in [0.2, 0.25) is 0 Å². The molecule has 100 valence electrons. The molecule has 0 unspecified atom stereocenters. The molecule has 0 saturated carbocycles. The molecule has 1 rings (SSSR count). The number of rotatable bonds is 3. The van der Waals surface area contributed by atoms with Crippen molar-refractivity contribution in [1.29, 1.82) is 0 Å². The molecule has 0 N–H and O–H groups in total. The van der Waals surface area contributed by atoms with Crippen LogP contribution >= 0.6 is 15.9 Å². The predicted octanol–water partition coefficient (Wildman–Crippen LogP) is 3.34. The van der Waals surface area contributed by atoms with Gasteiger partial charge in [-0.15, -0.1) is 0 Å². The number of esters is 1. The smallest absolute Gasteiger partial charge is 0.350 e. The van der Waals surface area contributed by atoms with E-state index >= 15 is 0 Å². The average Bonchev–Trinajstić information content (AvgIpc) is 2.13. The molecular formula is C13H18BrNO3. The number of halogens is 1. The molecule has 0 fully saturated rings. The third-order valence-electron chi connectivity index (χ3n) is 1.94. The van der Waals surface area contributed by atoms with Gasteiger partial charge >= 0.3 is 5.97 Å².